The lowest BCUT2D eigenvalue weighted by molar-refractivity contribution is -0.138. The van der Waals surface area contributed by atoms with Crippen LogP contribution in [-0.2, 0) is 22.6 Å². The fraction of sp³-hybridized carbons (Fsp3) is 0.531. The highest BCUT2D eigenvalue weighted by Gasteiger charge is 2.31. The Bertz CT molecular complexity index is 1260. The van der Waals surface area contributed by atoms with Crippen LogP contribution in [-0.4, -0.2) is 64.8 Å². The number of halogens is 1. The van der Waals surface area contributed by atoms with E-state index in [-0.39, 0.29) is 25.0 Å². The quantitative estimate of drug-likeness (QED) is 0.298. The number of carbonyl (C=O) groups excluding carboxylic acids is 2. The third kappa shape index (κ3) is 8.16. The molecule has 42 heavy (non-hydrogen) atoms. The summed E-state index contributed by atoms with van der Waals surface area (Å²) in [5.74, 6) is 1.80. The SMILES string of the molecule is COc1cc(CN(CC2CCCCC2)C2CCc3cc(Cl)c(C)cc32)ccc1OCCN1C(=O)CCC1=O.O=C(O)O. The van der Waals surface area contributed by atoms with E-state index >= 15 is 0 Å². The Kier molecular flexibility index (Phi) is 11.1. The molecule has 1 aliphatic heterocycles. The molecule has 0 bridgehead atoms. The zero-order chi connectivity index (χ0) is 30.2. The van der Waals surface area contributed by atoms with Crippen LogP contribution in [0.2, 0.25) is 5.02 Å². The Morgan fingerprint density at radius 3 is 2.36 bits per heavy atom. The highest BCUT2D eigenvalue weighted by atomic mass is 35.5. The van der Waals surface area contributed by atoms with Gasteiger partial charge in [0.15, 0.2) is 11.5 Å². The number of amides is 2. The molecule has 2 amide bonds. The van der Waals surface area contributed by atoms with Gasteiger partial charge in [0, 0.05) is 37.0 Å². The van der Waals surface area contributed by atoms with Gasteiger partial charge in [-0.3, -0.25) is 19.4 Å². The van der Waals surface area contributed by atoms with Crippen molar-refractivity contribution in [1.29, 1.82) is 0 Å². The standard InChI is InChI=1S/C31H39ClN2O4.CH2O3/c1-21-16-25-24(18-26(21)32)9-10-27(25)33(19-22-6-4-3-5-7-22)20-23-8-11-28(29(17-23)37-2)38-15-14-34-30(35)12-13-31(34)36;2-1(3)4/h8,11,16-18,22,27H,3-7,9-10,12-15,19-20H2,1-2H3;(H2,2,3,4). The third-order valence-electron chi connectivity index (χ3n) is 8.47. The molecule has 9 nitrogen and oxygen atoms in total. The van der Waals surface area contributed by atoms with Gasteiger partial charge < -0.3 is 19.7 Å². The molecule has 2 aromatic rings. The number of methoxy groups -OCH3 is 1. The Labute approximate surface area is 252 Å². The smallest absolute Gasteiger partial charge is 0.493 e. The predicted molar refractivity (Wildman–Crippen MR) is 159 cm³/mol. The van der Waals surface area contributed by atoms with E-state index in [1.807, 2.05) is 6.07 Å². The lowest BCUT2D eigenvalue weighted by Crippen LogP contribution is -2.33. The maximum atomic E-state index is 11.9. The minimum atomic E-state index is -1.83. The summed E-state index contributed by atoms with van der Waals surface area (Å²) in [5.41, 5.74) is 5.15. The molecule has 1 unspecified atom stereocenters. The van der Waals surface area contributed by atoms with Crippen LogP contribution in [0.25, 0.3) is 0 Å². The molecule has 1 saturated heterocycles. The topological polar surface area (TPSA) is 117 Å². The molecule has 2 aliphatic carbocycles. The van der Waals surface area contributed by atoms with E-state index < -0.39 is 6.16 Å². The largest absolute Gasteiger partial charge is 0.503 e. The Hall–Kier alpha value is -3.30. The molecule has 0 aromatic heterocycles. The Morgan fingerprint density at radius 1 is 1.00 bits per heavy atom. The van der Waals surface area contributed by atoms with E-state index in [4.69, 9.17) is 36.1 Å². The normalized spacial score (nSPS) is 18.6. The van der Waals surface area contributed by atoms with E-state index in [9.17, 15) is 9.59 Å². The lowest BCUT2D eigenvalue weighted by atomic mass is 9.88. The number of rotatable bonds is 10. The number of likely N-dealkylation sites (tertiary alicyclic amines) is 1. The van der Waals surface area contributed by atoms with Crippen molar-refractivity contribution in [2.24, 2.45) is 5.92 Å². The second-order valence-electron chi connectivity index (χ2n) is 11.3. The molecule has 0 radical (unpaired) electrons. The van der Waals surface area contributed by atoms with Gasteiger partial charge in [0.25, 0.3) is 0 Å². The van der Waals surface area contributed by atoms with Gasteiger partial charge in [-0.2, -0.15) is 0 Å². The zero-order valence-electron chi connectivity index (χ0n) is 24.4. The molecule has 10 heteroatoms. The van der Waals surface area contributed by atoms with E-state index in [2.05, 4.69) is 36.1 Å². The number of fused-ring (bicyclic) bond motifs is 1. The Balaban J connectivity index is 0.000000952. The van der Waals surface area contributed by atoms with Crippen molar-refractivity contribution < 1.29 is 34.1 Å². The molecule has 228 valence electrons. The van der Waals surface area contributed by atoms with Crippen LogP contribution >= 0.6 is 11.6 Å². The monoisotopic (exact) mass is 600 g/mol. The van der Waals surface area contributed by atoms with Gasteiger partial charge in [0.05, 0.1) is 13.7 Å². The first-order valence-corrected chi connectivity index (χ1v) is 15.1. The molecule has 5 rings (SSSR count). The van der Waals surface area contributed by atoms with E-state index in [0.29, 0.717) is 30.4 Å². The molecular weight excluding hydrogens is 560 g/mol. The number of nitrogens with zero attached hydrogens (tertiary/aromatic N) is 2. The molecule has 0 spiro atoms. The van der Waals surface area contributed by atoms with Gasteiger partial charge in [-0.1, -0.05) is 43.0 Å². The van der Waals surface area contributed by atoms with E-state index in [1.54, 1.807) is 7.11 Å². The first-order chi connectivity index (χ1) is 20.2. The van der Waals surface area contributed by atoms with Crippen LogP contribution in [0.4, 0.5) is 4.79 Å². The molecule has 1 saturated carbocycles. The summed E-state index contributed by atoms with van der Waals surface area (Å²) in [4.78, 5) is 36.3. The minimum absolute atomic E-state index is 0.120. The van der Waals surface area contributed by atoms with Crippen molar-refractivity contribution in [2.75, 3.05) is 26.8 Å². The second-order valence-corrected chi connectivity index (χ2v) is 11.8. The van der Waals surface area contributed by atoms with Gasteiger partial charge in [-0.05, 0) is 79.0 Å². The molecule has 2 N–H and O–H groups in total. The molecule has 1 atom stereocenters. The summed E-state index contributed by atoms with van der Waals surface area (Å²) in [6.45, 7) is 4.56. The van der Waals surface area contributed by atoms with E-state index in [1.165, 1.54) is 53.7 Å². The third-order valence-corrected chi connectivity index (χ3v) is 8.87. The van der Waals surface area contributed by atoms with Crippen molar-refractivity contribution in [3.05, 3.63) is 57.6 Å². The summed E-state index contributed by atoms with van der Waals surface area (Å²) in [5, 5.41) is 14.8. The highest BCUT2D eigenvalue weighted by Crippen LogP contribution is 2.41. The minimum Gasteiger partial charge on any atom is -0.493 e. The number of carbonyl (C=O) groups is 3. The summed E-state index contributed by atoms with van der Waals surface area (Å²) in [6, 6.07) is 11.0. The van der Waals surface area contributed by atoms with Crippen LogP contribution in [0.5, 0.6) is 11.5 Å². The first kappa shape index (κ1) is 31.6. The van der Waals surface area contributed by atoms with Gasteiger partial charge >= 0.3 is 6.16 Å². The van der Waals surface area contributed by atoms with Crippen LogP contribution < -0.4 is 9.47 Å². The van der Waals surface area contributed by atoms with Crippen LogP contribution in [0, 0.1) is 12.8 Å². The average molecular weight is 601 g/mol. The lowest BCUT2D eigenvalue weighted by Gasteiger charge is -2.35. The zero-order valence-corrected chi connectivity index (χ0v) is 25.2. The van der Waals surface area contributed by atoms with Gasteiger partial charge in [-0.25, -0.2) is 4.79 Å². The maximum Gasteiger partial charge on any atom is 0.503 e. The fourth-order valence-electron chi connectivity index (χ4n) is 6.39. The Morgan fingerprint density at radius 2 is 1.69 bits per heavy atom. The van der Waals surface area contributed by atoms with Gasteiger partial charge in [0.1, 0.15) is 6.61 Å². The summed E-state index contributed by atoms with van der Waals surface area (Å²) in [7, 11) is 1.65. The van der Waals surface area contributed by atoms with Crippen molar-refractivity contribution in [1.82, 2.24) is 9.80 Å². The van der Waals surface area contributed by atoms with E-state index in [0.717, 1.165) is 42.4 Å². The average Bonchev–Trinajstić information content (AvgIpc) is 3.51. The number of ether oxygens (including phenoxy) is 2. The van der Waals surface area contributed by atoms with Crippen molar-refractivity contribution >= 4 is 29.6 Å². The molecule has 3 aliphatic rings. The molecule has 1 heterocycles. The number of carboxylic acid groups (broad SMARTS) is 2. The van der Waals surface area contributed by atoms with Crippen LogP contribution in [0.15, 0.2) is 30.3 Å². The maximum absolute atomic E-state index is 11.9. The molecule has 2 aromatic carbocycles. The van der Waals surface area contributed by atoms with Crippen molar-refractivity contribution in [2.45, 2.75) is 77.3 Å². The summed E-state index contributed by atoms with van der Waals surface area (Å²) < 4.78 is 11.6. The van der Waals surface area contributed by atoms with Crippen molar-refractivity contribution in [3.63, 3.8) is 0 Å². The van der Waals surface area contributed by atoms with Gasteiger partial charge in [-0.15, -0.1) is 0 Å². The van der Waals surface area contributed by atoms with Crippen LogP contribution in [0.3, 0.4) is 0 Å². The highest BCUT2D eigenvalue weighted by molar-refractivity contribution is 6.31. The predicted octanol–water partition coefficient (Wildman–Crippen LogP) is 6.48. The summed E-state index contributed by atoms with van der Waals surface area (Å²) >= 11 is 6.47. The molecular formula is C32H41ClN2O7. The fourth-order valence-corrected chi connectivity index (χ4v) is 6.57. The number of benzene rings is 2. The number of aryl methyl sites for hydroxylation is 2. The molecule has 2 fully saturated rings. The van der Waals surface area contributed by atoms with Crippen LogP contribution in [0.1, 0.15) is 79.7 Å². The van der Waals surface area contributed by atoms with Gasteiger partial charge in [0.2, 0.25) is 11.8 Å². The number of hydrogen-bond acceptors (Lipinski definition) is 6. The summed E-state index contributed by atoms with van der Waals surface area (Å²) in [6.07, 6.45) is 7.61. The van der Waals surface area contributed by atoms with Crippen molar-refractivity contribution in [3.8, 4) is 11.5 Å². The first-order valence-electron chi connectivity index (χ1n) is 14.7. The number of imide groups is 1. The number of hydrogen-bond donors (Lipinski definition) is 2. The second kappa shape index (κ2) is 14.7.